The maximum absolute atomic E-state index is 5.91. The number of ether oxygens (including phenoxy) is 2. The minimum absolute atomic E-state index is 0.710. The normalized spacial score (nSPS) is 14.5. The summed E-state index contributed by atoms with van der Waals surface area (Å²) >= 11 is 3.61. The molecule has 1 N–H and O–H groups in total. The molecule has 0 heterocycles. The molecular weight excluding hydrogens is 330 g/mol. The van der Waals surface area contributed by atoms with Crippen LogP contribution in [0.15, 0.2) is 16.6 Å². The first kappa shape index (κ1) is 16.6. The van der Waals surface area contributed by atoms with Crippen molar-refractivity contribution in [1.82, 2.24) is 5.32 Å². The highest BCUT2D eigenvalue weighted by atomic mass is 79.9. The van der Waals surface area contributed by atoms with E-state index in [0.29, 0.717) is 6.04 Å². The standard InChI is InChI=1S/C17H26BrNO2/c1-12(2)5-4-8-21-17-15(18)9-13(10-16(17)20-3)11-19-14-6-7-14/h9-10,12,14,19H,4-8,11H2,1-3H3. The molecule has 0 atom stereocenters. The number of hydrogen-bond acceptors (Lipinski definition) is 3. The molecule has 0 aromatic heterocycles. The molecule has 1 aliphatic carbocycles. The molecule has 0 radical (unpaired) electrons. The summed E-state index contributed by atoms with van der Waals surface area (Å²) in [4.78, 5) is 0. The fourth-order valence-corrected chi connectivity index (χ4v) is 2.83. The fraction of sp³-hybridized carbons (Fsp3) is 0.647. The third-order valence-corrected chi connectivity index (χ3v) is 4.22. The van der Waals surface area contributed by atoms with Crippen molar-refractivity contribution in [3.8, 4) is 11.5 Å². The molecule has 1 fully saturated rings. The summed E-state index contributed by atoms with van der Waals surface area (Å²) in [5.74, 6) is 2.34. The van der Waals surface area contributed by atoms with Gasteiger partial charge in [-0.3, -0.25) is 0 Å². The molecule has 0 spiro atoms. The Bertz CT molecular complexity index is 458. The number of halogens is 1. The molecule has 0 amide bonds. The number of rotatable bonds is 9. The van der Waals surface area contributed by atoms with Crippen LogP contribution in [0.3, 0.4) is 0 Å². The van der Waals surface area contributed by atoms with Gasteiger partial charge in [-0.25, -0.2) is 0 Å². The highest BCUT2D eigenvalue weighted by Gasteiger charge is 2.20. The van der Waals surface area contributed by atoms with Crippen LogP contribution < -0.4 is 14.8 Å². The zero-order valence-electron chi connectivity index (χ0n) is 13.2. The van der Waals surface area contributed by atoms with Crippen molar-refractivity contribution in [1.29, 1.82) is 0 Å². The van der Waals surface area contributed by atoms with Gasteiger partial charge in [0.05, 0.1) is 18.2 Å². The average Bonchev–Trinajstić information content (AvgIpc) is 3.26. The Morgan fingerprint density at radius 3 is 2.71 bits per heavy atom. The molecule has 1 saturated carbocycles. The summed E-state index contributed by atoms with van der Waals surface area (Å²) in [6.45, 7) is 6.08. The van der Waals surface area contributed by atoms with Crippen molar-refractivity contribution >= 4 is 15.9 Å². The van der Waals surface area contributed by atoms with Crippen molar-refractivity contribution in [3.63, 3.8) is 0 Å². The van der Waals surface area contributed by atoms with Gasteiger partial charge in [0, 0.05) is 12.6 Å². The summed E-state index contributed by atoms with van der Waals surface area (Å²) in [7, 11) is 1.70. The second-order valence-electron chi connectivity index (χ2n) is 6.15. The fourth-order valence-electron chi connectivity index (χ4n) is 2.23. The Hall–Kier alpha value is -0.740. The van der Waals surface area contributed by atoms with Crippen LogP contribution >= 0.6 is 15.9 Å². The van der Waals surface area contributed by atoms with Crippen LogP contribution in [0.4, 0.5) is 0 Å². The molecular formula is C17H26BrNO2. The van der Waals surface area contributed by atoms with Crippen LogP contribution in [0.2, 0.25) is 0 Å². The van der Waals surface area contributed by atoms with E-state index in [9.17, 15) is 0 Å². The first-order chi connectivity index (χ1) is 10.1. The predicted octanol–water partition coefficient (Wildman–Crippen LogP) is 4.52. The highest BCUT2D eigenvalue weighted by Crippen LogP contribution is 2.37. The van der Waals surface area contributed by atoms with Gasteiger partial charge in [-0.2, -0.15) is 0 Å². The van der Waals surface area contributed by atoms with E-state index >= 15 is 0 Å². The van der Waals surface area contributed by atoms with E-state index in [1.807, 2.05) is 0 Å². The summed E-state index contributed by atoms with van der Waals surface area (Å²) in [5.41, 5.74) is 1.22. The maximum atomic E-state index is 5.91. The van der Waals surface area contributed by atoms with Gasteiger partial charge >= 0.3 is 0 Å². The van der Waals surface area contributed by atoms with Crippen molar-refractivity contribution in [2.24, 2.45) is 5.92 Å². The van der Waals surface area contributed by atoms with E-state index in [4.69, 9.17) is 9.47 Å². The average molecular weight is 356 g/mol. The van der Waals surface area contributed by atoms with E-state index in [-0.39, 0.29) is 0 Å². The van der Waals surface area contributed by atoms with Crippen LogP contribution in [-0.4, -0.2) is 19.8 Å². The van der Waals surface area contributed by atoms with Crippen molar-refractivity contribution in [2.45, 2.75) is 52.1 Å². The molecule has 0 unspecified atom stereocenters. The molecule has 1 aliphatic rings. The van der Waals surface area contributed by atoms with Gasteiger partial charge in [0.1, 0.15) is 0 Å². The highest BCUT2D eigenvalue weighted by molar-refractivity contribution is 9.10. The van der Waals surface area contributed by atoms with Gasteiger partial charge in [-0.05, 0) is 65.2 Å². The van der Waals surface area contributed by atoms with E-state index in [1.54, 1.807) is 7.11 Å². The maximum Gasteiger partial charge on any atom is 0.175 e. The quantitative estimate of drug-likeness (QED) is 0.660. The lowest BCUT2D eigenvalue weighted by molar-refractivity contribution is 0.278. The van der Waals surface area contributed by atoms with Crippen LogP contribution in [0.25, 0.3) is 0 Å². The van der Waals surface area contributed by atoms with E-state index in [1.165, 1.54) is 24.8 Å². The van der Waals surface area contributed by atoms with Crippen LogP contribution in [-0.2, 0) is 6.54 Å². The van der Waals surface area contributed by atoms with Gasteiger partial charge in [-0.1, -0.05) is 13.8 Å². The second-order valence-corrected chi connectivity index (χ2v) is 7.00. The van der Waals surface area contributed by atoms with Crippen LogP contribution in [0, 0.1) is 5.92 Å². The molecule has 1 aromatic carbocycles. The topological polar surface area (TPSA) is 30.5 Å². The number of methoxy groups -OCH3 is 1. The number of nitrogens with one attached hydrogen (secondary N) is 1. The largest absolute Gasteiger partial charge is 0.493 e. The number of benzene rings is 1. The second kappa shape index (κ2) is 8.04. The van der Waals surface area contributed by atoms with Gasteiger partial charge in [0.2, 0.25) is 0 Å². The van der Waals surface area contributed by atoms with Gasteiger partial charge in [0.15, 0.2) is 11.5 Å². The third kappa shape index (κ3) is 5.51. The van der Waals surface area contributed by atoms with Gasteiger partial charge < -0.3 is 14.8 Å². The molecule has 118 valence electrons. The lowest BCUT2D eigenvalue weighted by Gasteiger charge is -2.15. The molecule has 0 bridgehead atoms. The minimum atomic E-state index is 0.710. The summed E-state index contributed by atoms with van der Waals surface area (Å²) in [5, 5.41) is 3.52. The van der Waals surface area contributed by atoms with Crippen LogP contribution in [0.1, 0.15) is 45.1 Å². The Kier molecular flexibility index (Phi) is 6.37. The number of hydrogen-bond donors (Lipinski definition) is 1. The Morgan fingerprint density at radius 1 is 1.33 bits per heavy atom. The van der Waals surface area contributed by atoms with Crippen molar-refractivity contribution in [3.05, 3.63) is 22.2 Å². The smallest absolute Gasteiger partial charge is 0.175 e. The van der Waals surface area contributed by atoms with E-state index in [0.717, 1.165) is 41.5 Å². The summed E-state index contributed by atoms with van der Waals surface area (Å²) < 4.78 is 12.4. The van der Waals surface area contributed by atoms with Gasteiger partial charge in [0.25, 0.3) is 0 Å². The first-order valence-electron chi connectivity index (χ1n) is 7.82. The molecule has 2 rings (SSSR count). The monoisotopic (exact) mass is 355 g/mol. The molecule has 1 aromatic rings. The summed E-state index contributed by atoms with van der Waals surface area (Å²) in [6, 6.07) is 4.90. The Morgan fingerprint density at radius 2 is 2.10 bits per heavy atom. The summed E-state index contributed by atoms with van der Waals surface area (Å²) in [6.07, 6.45) is 4.85. The zero-order valence-corrected chi connectivity index (χ0v) is 14.8. The first-order valence-corrected chi connectivity index (χ1v) is 8.62. The third-order valence-electron chi connectivity index (χ3n) is 3.63. The lowest BCUT2D eigenvalue weighted by atomic mass is 10.1. The zero-order chi connectivity index (χ0) is 15.2. The van der Waals surface area contributed by atoms with E-state index < -0.39 is 0 Å². The molecule has 0 aliphatic heterocycles. The minimum Gasteiger partial charge on any atom is -0.493 e. The predicted molar refractivity (Wildman–Crippen MR) is 90.1 cm³/mol. The molecule has 4 heteroatoms. The lowest BCUT2D eigenvalue weighted by Crippen LogP contribution is -2.15. The van der Waals surface area contributed by atoms with Crippen LogP contribution in [0.5, 0.6) is 11.5 Å². The molecule has 0 saturated heterocycles. The Labute approximate surface area is 136 Å². The van der Waals surface area contributed by atoms with E-state index in [2.05, 4.69) is 47.2 Å². The molecule has 21 heavy (non-hydrogen) atoms. The van der Waals surface area contributed by atoms with Gasteiger partial charge in [-0.15, -0.1) is 0 Å². The SMILES string of the molecule is COc1cc(CNC2CC2)cc(Br)c1OCCCC(C)C. The Balaban J connectivity index is 1.95. The van der Waals surface area contributed by atoms with Crippen molar-refractivity contribution in [2.75, 3.05) is 13.7 Å². The van der Waals surface area contributed by atoms with Crippen molar-refractivity contribution < 1.29 is 9.47 Å². The molecule has 3 nitrogen and oxygen atoms in total.